The fourth-order valence-electron chi connectivity index (χ4n) is 0.335. The molecule has 1 N–H and O–H groups in total. The van der Waals surface area contributed by atoms with Crippen molar-refractivity contribution in [2.24, 2.45) is 0 Å². The summed E-state index contributed by atoms with van der Waals surface area (Å²) in [5.74, 6) is 0. The molecule has 0 aromatic carbocycles. The molecule has 0 atom stereocenters. The fourth-order valence-corrected chi connectivity index (χ4v) is 1.01. The van der Waals surface area contributed by atoms with Gasteiger partial charge in [-0.2, -0.15) is 0 Å². The Bertz CT molecular complexity index is 85.2. The highest BCUT2D eigenvalue weighted by Gasteiger charge is 2.07. The van der Waals surface area contributed by atoms with Gasteiger partial charge in [0.1, 0.15) is 0 Å². The minimum atomic E-state index is -1.18. The lowest BCUT2D eigenvalue weighted by Gasteiger charge is -2.42. The van der Waals surface area contributed by atoms with Crippen molar-refractivity contribution in [2.45, 2.75) is 46.0 Å². The van der Waals surface area contributed by atoms with Crippen LogP contribution in [-0.2, 0) is 0 Å². The standard InChI is InChI=1S/C7H19N2Si/c1-7(2,3)8-9-10(4,5)6/h9H,1-6H3/q-1. The highest BCUT2D eigenvalue weighted by Crippen LogP contribution is 2.12. The molecule has 10 heavy (non-hydrogen) atoms. The van der Waals surface area contributed by atoms with Crippen molar-refractivity contribution < 1.29 is 0 Å². The van der Waals surface area contributed by atoms with Gasteiger partial charge in [-0.1, -0.05) is 40.4 Å². The molecule has 0 spiro atoms. The van der Waals surface area contributed by atoms with Crippen molar-refractivity contribution in [2.75, 3.05) is 0 Å². The van der Waals surface area contributed by atoms with E-state index < -0.39 is 8.24 Å². The number of nitrogens with one attached hydrogen (secondary N) is 1. The Hall–Kier alpha value is 0.137. The molecule has 0 aliphatic heterocycles. The van der Waals surface area contributed by atoms with Gasteiger partial charge < -0.3 is 10.5 Å². The second kappa shape index (κ2) is 3.03. The molecule has 0 bridgehead atoms. The van der Waals surface area contributed by atoms with Gasteiger partial charge in [0.15, 0.2) is 0 Å². The molecular formula is C7H19N2Si-. The van der Waals surface area contributed by atoms with E-state index in [1.807, 2.05) is 0 Å². The number of nitrogens with zero attached hydrogens (tertiary/aromatic N) is 1. The van der Waals surface area contributed by atoms with E-state index in [0.29, 0.717) is 0 Å². The highest BCUT2D eigenvalue weighted by atomic mass is 28.3. The van der Waals surface area contributed by atoms with Crippen LogP contribution in [0.3, 0.4) is 0 Å². The van der Waals surface area contributed by atoms with Gasteiger partial charge in [-0.05, 0) is 0 Å². The van der Waals surface area contributed by atoms with Crippen LogP contribution in [0, 0.1) is 0 Å². The maximum atomic E-state index is 4.34. The Balaban J connectivity index is 3.56. The van der Waals surface area contributed by atoms with Crippen LogP contribution in [0.25, 0.3) is 5.43 Å². The van der Waals surface area contributed by atoms with Gasteiger partial charge in [-0.25, -0.2) is 0 Å². The topological polar surface area (TPSA) is 26.1 Å². The molecule has 0 saturated carbocycles. The molecule has 0 unspecified atom stereocenters. The summed E-state index contributed by atoms with van der Waals surface area (Å²) in [6.45, 7) is 13.0. The average molecular weight is 159 g/mol. The highest BCUT2D eigenvalue weighted by molar-refractivity contribution is 6.73. The van der Waals surface area contributed by atoms with Gasteiger partial charge in [0.25, 0.3) is 0 Å². The molecule has 0 amide bonds. The Kier molecular flexibility index (Phi) is 3.07. The summed E-state index contributed by atoms with van der Waals surface area (Å²) in [5.41, 5.74) is 4.40. The zero-order chi connectivity index (χ0) is 8.41. The van der Waals surface area contributed by atoms with Crippen LogP contribution in [0.15, 0.2) is 0 Å². The number of hydrogen-bond acceptors (Lipinski definition) is 1. The van der Waals surface area contributed by atoms with Crippen molar-refractivity contribution in [3.05, 3.63) is 5.43 Å². The molecule has 3 heteroatoms. The van der Waals surface area contributed by atoms with Crippen LogP contribution in [-0.4, -0.2) is 13.8 Å². The summed E-state index contributed by atoms with van der Waals surface area (Å²) in [4.78, 5) is 0. The first kappa shape index (κ1) is 10.1. The smallest absolute Gasteiger partial charge is 0.0980 e. The largest absolute Gasteiger partial charge is 0.600 e. The first-order valence-electron chi connectivity index (χ1n) is 3.70. The second-order valence-corrected chi connectivity index (χ2v) is 9.37. The van der Waals surface area contributed by atoms with Gasteiger partial charge in [-0.15, -0.1) is 5.54 Å². The summed E-state index contributed by atoms with van der Waals surface area (Å²) >= 11 is 0. The monoisotopic (exact) mass is 159 g/mol. The van der Waals surface area contributed by atoms with Gasteiger partial charge in [0.05, 0.1) is 8.24 Å². The second-order valence-electron chi connectivity index (χ2n) is 4.64. The lowest BCUT2D eigenvalue weighted by molar-refractivity contribution is 0.624. The normalized spacial score (nSPS) is 13.8. The summed E-state index contributed by atoms with van der Waals surface area (Å²) in [5, 5.41) is 3.23. The van der Waals surface area contributed by atoms with Crippen LogP contribution in [0.4, 0.5) is 0 Å². The van der Waals surface area contributed by atoms with E-state index in [-0.39, 0.29) is 5.54 Å². The van der Waals surface area contributed by atoms with Crippen molar-refractivity contribution in [1.82, 2.24) is 5.09 Å². The molecule has 0 aliphatic carbocycles. The van der Waals surface area contributed by atoms with Crippen LogP contribution in [0.5, 0.6) is 0 Å². The van der Waals surface area contributed by atoms with E-state index in [9.17, 15) is 0 Å². The fraction of sp³-hybridized carbons (Fsp3) is 1.00. The quantitative estimate of drug-likeness (QED) is 0.486. The van der Waals surface area contributed by atoms with Crippen LogP contribution in [0.2, 0.25) is 19.6 Å². The van der Waals surface area contributed by atoms with E-state index in [0.717, 1.165) is 0 Å². The first-order valence-corrected chi connectivity index (χ1v) is 7.20. The predicted octanol–water partition coefficient (Wildman–Crippen LogP) is 2.50. The zero-order valence-electron chi connectivity index (χ0n) is 7.95. The molecule has 0 rings (SSSR count). The minimum absolute atomic E-state index is 0.0558. The van der Waals surface area contributed by atoms with Gasteiger partial charge in [-0.3, -0.25) is 0 Å². The molecule has 0 fully saturated rings. The number of rotatable bonds is 2. The maximum absolute atomic E-state index is 4.34. The van der Waals surface area contributed by atoms with Gasteiger partial charge in [0.2, 0.25) is 0 Å². The third kappa shape index (κ3) is 8.14. The molecule has 62 valence electrons. The van der Waals surface area contributed by atoms with Crippen molar-refractivity contribution in [3.63, 3.8) is 0 Å². The van der Waals surface area contributed by atoms with Crippen LogP contribution in [0.1, 0.15) is 20.8 Å². The summed E-state index contributed by atoms with van der Waals surface area (Å²) < 4.78 is 0. The molecule has 0 aromatic heterocycles. The lowest BCUT2D eigenvalue weighted by Crippen LogP contribution is -2.41. The summed E-state index contributed by atoms with van der Waals surface area (Å²) in [7, 11) is -1.18. The molecule has 0 radical (unpaired) electrons. The van der Waals surface area contributed by atoms with E-state index >= 15 is 0 Å². The Morgan fingerprint density at radius 1 is 1.10 bits per heavy atom. The minimum Gasteiger partial charge on any atom is -0.600 e. The Morgan fingerprint density at radius 2 is 1.50 bits per heavy atom. The average Bonchev–Trinajstić information content (AvgIpc) is 1.57. The maximum Gasteiger partial charge on any atom is 0.0980 e. The molecule has 0 aliphatic rings. The van der Waals surface area contributed by atoms with E-state index in [1.165, 1.54) is 0 Å². The summed E-state index contributed by atoms with van der Waals surface area (Å²) in [6.07, 6.45) is 0. The van der Waals surface area contributed by atoms with Crippen LogP contribution < -0.4 is 5.09 Å². The predicted molar refractivity (Wildman–Crippen MR) is 49.6 cm³/mol. The molecule has 0 saturated heterocycles. The van der Waals surface area contributed by atoms with Gasteiger partial charge in [0, 0.05) is 0 Å². The Labute approximate surface area is 65.5 Å². The first-order chi connectivity index (χ1) is 4.21. The van der Waals surface area contributed by atoms with Crippen molar-refractivity contribution >= 4 is 8.24 Å². The van der Waals surface area contributed by atoms with E-state index in [2.05, 4.69) is 50.9 Å². The Morgan fingerprint density at radius 3 is 1.60 bits per heavy atom. The zero-order valence-corrected chi connectivity index (χ0v) is 8.95. The third-order valence-corrected chi connectivity index (χ3v) is 1.51. The van der Waals surface area contributed by atoms with Crippen LogP contribution >= 0.6 is 0 Å². The number of hydrogen-bond donors (Lipinski definition) is 1. The molecule has 0 aromatic rings. The van der Waals surface area contributed by atoms with E-state index in [1.54, 1.807) is 0 Å². The lowest BCUT2D eigenvalue weighted by atomic mass is 10.1. The SMILES string of the molecule is CC(C)(C)[N-]N[Si](C)(C)C. The van der Waals surface area contributed by atoms with Crippen molar-refractivity contribution in [3.8, 4) is 0 Å². The van der Waals surface area contributed by atoms with Gasteiger partial charge >= 0.3 is 0 Å². The third-order valence-electron chi connectivity index (χ3n) is 0.727. The molecule has 2 nitrogen and oxygen atoms in total. The van der Waals surface area contributed by atoms with E-state index in [4.69, 9.17) is 0 Å². The van der Waals surface area contributed by atoms with Crippen molar-refractivity contribution in [1.29, 1.82) is 0 Å². The molecular weight excluding hydrogens is 140 g/mol. The summed E-state index contributed by atoms with van der Waals surface area (Å²) in [6, 6.07) is 0. The molecule has 0 heterocycles.